The predicted molar refractivity (Wildman–Crippen MR) is 44.3 cm³/mol. The number of nitrogens with two attached hydrogens (primary N) is 1. The Morgan fingerprint density at radius 2 is 1.73 bits per heavy atom. The van der Waals surface area contributed by atoms with Crippen LogP contribution in [0.25, 0.3) is 0 Å². The van der Waals surface area contributed by atoms with Crippen molar-refractivity contribution in [3.05, 3.63) is 0 Å². The summed E-state index contributed by atoms with van der Waals surface area (Å²) in [6.07, 6.45) is 5.20. The lowest BCUT2D eigenvalue weighted by Gasteiger charge is -2.22. The molecule has 0 heterocycles. The van der Waals surface area contributed by atoms with Gasteiger partial charge in [0.05, 0.1) is 0 Å². The molecule has 3 heteroatoms. The summed E-state index contributed by atoms with van der Waals surface area (Å²) in [4.78, 5) is 8.36. The third kappa shape index (κ3) is 5.85. The van der Waals surface area contributed by atoms with Gasteiger partial charge in [-0.2, -0.15) is 0 Å². The smallest absolute Gasteiger partial charge is 0.290 e. The quantitative estimate of drug-likeness (QED) is 0.522. The average Bonchev–Trinajstić information content (AvgIpc) is 1.97. The van der Waals surface area contributed by atoms with Gasteiger partial charge >= 0.3 is 0 Å². The summed E-state index contributed by atoms with van der Waals surface area (Å²) in [5.41, 5.74) is 5.70. The summed E-state index contributed by atoms with van der Waals surface area (Å²) in [6, 6.07) is 0.520. The molecule has 1 saturated carbocycles. The van der Waals surface area contributed by atoms with E-state index in [9.17, 15) is 0 Å². The van der Waals surface area contributed by atoms with Gasteiger partial charge in [-0.3, -0.25) is 4.79 Å². The minimum atomic E-state index is -0.250. The van der Waals surface area contributed by atoms with Crippen molar-refractivity contribution in [1.82, 2.24) is 0 Å². The van der Waals surface area contributed by atoms with Crippen LogP contribution in [0.3, 0.4) is 0 Å². The van der Waals surface area contributed by atoms with E-state index < -0.39 is 0 Å². The molecule has 3 N–H and O–H groups in total. The lowest BCUT2D eigenvalue weighted by molar-refractivity contribution is -0.122. The molecule has 1 aliphatic rings. The highest BCUT2D eigenvalue weighted by Gasteiger charge is 2.13. The number of hydrogen-bond acceptors (Lipinski definition) is 2. The van der Waals surface area contributed by atoms with Crippen molar-refractivity contribution in [3.8, 4) is 0 Å². The van der Waals surface area contributed by atoms with E-state index in [2.05, 4.69) is 6.92 Å². The van der Waals surface area contributed by atoms with Gasteiger partial charge in [0.2, 0.25) is 0 Å². The fourth-order valence-corrected chi connectivity index (χ4v) is 1.29. The van der Waals surface area contributed by atoms with E-state index in [0.29, 0.717) is 6.04 Å². The standard InChI is InChI=1S/C7H15N.CH2O2/c1-6-2-4-7(8)5-3-6;2-1-3/h6-7H,2-5,8H2,1H3;1H,(H,2,3)/t6-,7-;. The summed E-state index contributed by atoms with van der Waals surface area (Å²) < 4.78 is 0. The Labute approximate surface area is 67.6 Å². The van der Waals surface area contributed by atoms with Crippen LogP contribution in [-0.4, -0.2) is 17.6 Å². The molecule has 0 atom stereocenters. The zero-order valence-corrected chi connectivity index (χ0v) is 6.99. The maximum atomic E-state index is 8.36. The van der Waals surface area contributed by atoms with Crippen molar-refractivity contribution < 1.29 is 9.90 Å². The van der Waals surface area contributed by atoms with Gasteiger partial charge in [-0.25, -0.2) is 0 Å². The molecule has 0 aromatic carbocycles. The molecular weight excluding hydrogens is 142 g/mol. The highest BCUT2D eigenvalue weighted by atomic mass is 16.3. The lowest BCUT2D eigenvalue weighted by atomic mass is 9.88. The molecule has 0 aromatic heterocycles. The van der Waals surface area contributed by atoms with Gasteiger partial charge in [0, 0.05) is 6.04 Å². The Morgan fingerprint density at radius 3 is 2.00 bits per heavy atom. The molecule has 1 fully saturated rings. The Bertz CT molecular complexity index is 88.3. The molecular formula is C8H17NO2. The van der Waals surface area contributed by atoms with Crippen molar-refractivity contribution in [2.45, 2.75) is 38.6 Å². The summed E-state index contributed by atoms with van der Waals surface area (Å²) in [5.74, 6) is 0.940. The van der Waals surface area contributed by atoms with Crippen LogP contribution in [0.5, 0.6) is 0 Å². The molecule has 0 radical (unpaired) electrons. The van der Waals surface area contributed by atoms with E-state index in [1.54, 1.807) is 0 Å². The molecule has 3 nitrogen and oxygen atoms in total. The number of rotatable bonds is 0. The molecule has 0 saturated heterocycles. The molecule has 0 aromatic rings. The van der Waals surface area contributed by atoms with Crippen molar-refractivity contribution >= 4 is 6.47 Å². The highest BCUT2D eigenvalue weighted by Crippen LogP contribution is 2.21. The van der Waals surface area contributed by atoms with Crippen LogP contribution >= 0.6 is 0 Å². The van der Waals surface area contributed by atoms with Crippen molar-refractivity contribution in [2.24, 2.45) is 11.7 Å². The van der Waals surface area contributed by atoms with Crippen molar-refractivity contribution in [3.63, 3.8) is 0 Å². The molecule has 1 rings (SSSR count). The second kappa shape index (κ2) is 6.16. The second-order valence-electron chi connectivity index (χ2n) is 3.13. The summed E-state index contributed by atoms with van der Waals surface area (Å²) in [5, 5.41) is 6.89. The minimum Gasteiger partial charge on any atom is -0.483 e. The van der Waals surface area contributed by atoms with Gasteiger partial charge in [-0.05, 0) is 31.6 Å². The molecule has 66 valence electrons. The van der Waals surface area contributed by atoms with E-state index >= 15 is 0 Å². The van der Waals surface area contributed by atoms with Crippen LogP contribution in [-0.2, 0) is 4.79 Å². The highest BCUT2D eigenvalue weighted by molar-refractivity contribution is 5.32. The van der Waals surface area contributed by atoms with Crippen LogP contribution in [0.1, 0.15) is 32.6 Å². The zero-order valence-electron chi connectivity index (χ0n) is 6.99. The molecule has 11 heavy (non-hydrogen) atoms. The van der Waals surface area contributed by atoms with Crippen LogP contribution in [0.4, 0.5) is 0 Å². The summed E-state index contributed by atoms with van der Waals surface area (Å²) in [7, 11) is 0. The second-order valence-corrected chi connectivity index (χ2v) is 3.13. The Hall–Kier alpha value is -0.570. The van der Waals surface area contributed by atoms with E-state index in [4.69, 9.17) is 15.6 Å². The van der Waals surface area contributed by atoms with E-state index in [0.717, 1.165) is 5.92 Å². The third-order valence-electron chi connectivity index (χ3n) is 2.06. The summed E-state index contributed by atoms with van der Waals surface area (Å²) >= 11 is 0. The van der Waals surface area contributed by atoms with Crippen molar-refractivity contribution in [1.29, 1.82) is 0 Å². The first-order valence-corrected chi connectivity index (χ1v) is 4.04. The molecule has 0 spiro atoms. The number of carboxylic acid groups (broad SMARTS) is 1. The van der Waals surface area contributed by atoms with Crippen LogP contribution in [0, 0.1) is 5.92 Å². The molecule has 0 unspecified atom stereocenters. The average molecular weight is 159 g/mol. The number of carbonyl (C=O) groups is 1. The van der Waals surface area contributed by atoms with Gasteiger partial charge < -0.3 is 10.8 Å². The first-order valence-electron chi connectivity index (χ1n) is 4.04. The fraction of sp³-hybridized carbons (Fsp3) is 0.875. The zero-order chi connectivity index (χ0) is 8.69. The monoisotopic (exact) mass is 159 g/mol. The van der Waals surface area contributed by atoms with Gasteiger partial charge in [0.25, 0.3) is 6.47 Å². The van der Waals surface area contributed by atoms with Crippen LogP contribution < -0.4 is 5.73 Å². The van der Waals surface area contributed by atoms with Crippen molar-refractivity contribution in [2.75, 3.05) is 0 Å². The van der Waals surface area contributed by atoms with Gasteiger partial charge in [0.1, 0.15) is 0 Å². The largest absolute Gasteiger partial charge is 0.483 e. The summed E-state index contributed by atoms with van der Waals surface area (Å²) in [6.45, 7) is 2.06. The van der Waals surface area contributed by atoms with E-state index in [1.807, 2.05) is 0 Å². The first kappa shape index (κ1) is 10.4. The lowest BCUT2D eigenvalue weighted by Crippen LogP contribution is -2.25. The maximum Gasteiger partial charge on any atom is 0.290 e. The fourth-order valence-electron chi connectivity index (χ4n) is 1.29. The van der Waals surface area contributed by atoms with Gasteiger partial charge in [0.15, 0.2) is 0 Å². The topological polar surface area (TPSA) is 63.3 Å². The van der Waals surface area contributed by atoms with E-state index in [-0.39, 0.29) is 6.47 Å². The normalized spacial score (nSPS) is 30.0. The van der Waals surface area contributed by atoms with Gasteiger partial charge in [-0.1, -0.05) is 6.92 Å². The predicted octanol–water partition coefficient (Wildman–Crippen LogP) is 1.22. The van der Waals surface area contributed by atoms with Gasteiger partial charge in [-0.15, -0.1) is 0 Å². The molecule has 0 amide bonds. The van der Waals surface area contributed by atoms with Crippen LogP contribution in [0.2, 0.25) is 0 Å². The Kier molecular flexibility index (Phi) is 5.84. The molecule has 1 aliphatic carbocycles. The minimum absolute atomic E-state index is 0.250. The molecule has 0 bridgehead atoms. The molecule has 0 aliphatic heterocycles. The van der Waals surface area contributed by atoms with Crippen LogP contribution in [0.15, 0.2) is 0 Å². The SMILES string of the molecule is C[C@H]1CC[C@H](N)CC1.O=CO. The maximum absolute atomic E-state index is 8.36. The third-order valence-corrected chi connectivity index (χ3v) is 2.06. The van der Waals surface area contributed by atoms with E-state index in [1.165, 1.54) is 25.7 Å². The number of hydrogen-bond donors (Lipinski definition) is 2. The first-order chi connectivity index (χ1) is 5.20. The Morgan fingerprint density at radius 1 is 1.36 bits per heavy atom. The Balaban J connectivity index is 0.000000292.